The Labute approximate surface area is 87.5 Å². The SMILES string of the molecule is CCOC(=O)C(=[N+]=[N-])C(=O)CCCCO. The van der Waals surface area contributed by atoms with E-state index in [0.29, 0.717) is 12.8 Å². The Hall–Kier alpha value is -1.52. The molecule has 0 aliphatic heterocycles. The fourth-order valence-electron chi connectivity index (χ4n) is 0.926. The first-order valence-electron chi connectivity index (χ1n) is 4.70. The molecule has 0 heterocycles. The monoisotopic (exact) mass is 214 g/mol. The van der Waals surface area contributed by atoms with E-state index in [-0.39, 0.29) is 19.6 Å². The molecular weight excluding hydrogens is 200 g/mol. The van der Waals surface area contributed by atoms with E-state index in [9.17, 15) is 9.59 Å². The number of esters is 1. The van der Waals surface area contributed by atoms with Crippen LogP contribution < -0.4 is 0 Å². The number of carbonyl (C=O) groups is 2. The number of rotatable bonds is 7. The number of carbonyl (C=O) groups excluding carboxylic acids is 2. The number of ketones is 1. The van der Waals surface area contributed by atoms with Crippen molar-refractivity contribution in [3.8, 4) is 0 Å². The van der Waals surface area contributed by atoms with Gasteiger partial charge in [0.05, 0.1) is 6.61 Å². The van der Waals surface area contributed by atoms with Crippen molar-refractivity contribution in [3.63, 3.8) is 0 Å². The second-order valence-electron chi connectivity index (χ2n) is 2.77. The number of unbranched alkanes of at least 4 members (excludes halogenated alkanes) is 1. The van der Waals surface area contributed by atoms with E-state index < -0.39 is 17.5 Å². The largest absolute Gasteiger partial charge is 0.457 e. The van der Waals surface area contributed by atoms with Crippen molar-refractivity contribution in [2.24, 2.45) is 0 Å². The van der Waals surface area contributed by atoms with Crippen LogP contribution in [0.5, 0.6) is 0 Å². The van der Waals surface area contributed by atoms with Crippen LogP contribution in [0.2, 0.25) is 0 Å². The molecule has 0 fully saturated rings. The van der Waals surface area contributed by atoms with Gasteiger partial charge in [0.15, 0.2) is 0 Å². The van der Waals surface area contributed by atoms with Crippen molar-refractivity contribution in [3.05, 3.63) is 5.53 Å². The van der Waals surface area contributed by atoms with Crippen molar-refractivity contribution in [1.29, 1.82) is 0 Å². The van der Waals surface area contributed by atoms with Crippen LogP contribution in [0.1, 0.15) is 26.2 Å². The average Bonchev–Trinajstić information content (AvgIpc) is 2.19. The van der Waals surface area contributed by atoms with Gasteiger partial charge >= 0.3 is 11.7 Å². The molecular formula is C9H14N2O4. The number of Topliss-reactive ketones (excluding diaryl/α,β-unsaturated/α-hetero) is 1. The molecule has 0 aromatic heterocycles. The van der Waals surface area contributed by atoms with Crippen LogP contribution in [0.3, 0.4) is 0 Å². The highest BCUT2D eigenvalue weighted by Crippen LogP contribution is 1.97. The van der Waals surface area contributed by atoms with Crippen LogP contribution >= 0.6 is 0 Å². The Morgan fingerprint density at radius 3 is 2.53 bits per heavy atom. The van der Waals surface area contributed by atoms with Crippen LogP contribution in [0.4, 0.5) is 0 Å². The Morgan fingerprint density at radius 2 is 2.07 bits per heavy atom. The maximum Gasteiger partial charge on any atom is 0.441 e. The molecule has 0 radical (unpaired) electrons. The first-order chi connectivity index (χ1) is 7.17. The molecule has 0 aliphatic carbocycles. The molecule has 0 spiro atoms. The molecule has 0 amide bonds. The van der Waals surface area contributed by atoms with Crippen molar-refractivity contribution >= 4 is 17.5 Å². The van der Waals surface area contributed by atoms with Gasteiger partial charge in [-0.2, -0.15) is 4.79 Å². The van der Waals surface area contributed by atoms with E-state index in [1.54, 1.807) is 6.92 Å². The summed E-state index contributed by atoms with van der Waals surface area (Å²) in [5.74, 6) is -1.50. The molecule has 0 aromatic rings. The number of aliphatic hydroxyl groups excluding tert-OH is 1. The zero-order valence-corrected chi connectivity index (χ0v) is 8.60. The predicted octanol–water partition coefficient (Wildman–Crippen LogP) is -0.0480. The molecule has 0 rings (SSSR count). The van der Waals surface area contributed by atoms with Crippen molar-refractivity contribution in [1.82, 2.24) is 0 Å². The summed E-state index contributed by atoms with van der Waals surface area (Å²) >= 11 is 0. The van der Waals surface area contributed by atoms with Gasteiger partial charge in [-0.05, 0) is 19.8 Å². The highest BCUT2D eigenvalue weighted by molar-refractivity contribution is 6.62. The predicted molar refractivity (Wildman–Crippen MR) is 51.2 cm³/mol. The van der Waals surface area contributed by atoms with Gasteiger partial charge in [-0.3, -0.25) is 4.79 Å². The molecule has 0 aliphatic rings. The summed E-state index contributed by atoms with van der Waals surface area (Å²) in [7, 11) is 0. The van der Waals surface area contributed by atoms with Crippen LogP contribution in [-0.2, 0) is 14.3 Å². The molecule has 6 heteroatoms. The molecule has 0 bridgehead atoms. The van der Waals surface area contributed by atoms with Gasteiger partial charge in [0.25, 0.3) is 5.78 Å². The van der Waals surface area contributed by atoms with Gasteiger partial charge in [-0.1, -0.05) is 0 Å². The minimum Gasteiger partial charge on any atom is -0.457 e. The lowest BCUT2D eigenvalue weighted by Crippen LogP contribution is -2.27. The second kappa shape index (κ2) is 7.84. The van der Waals surface area contributed by atoms with Crippen molar-refractivity contribution < 1.29 is 24.2 Å². The molecule has 0 saturated carbocycles. The summed E-state index contributed by atoms with van der Waals surface area (Å²) in [6, 6.07) is 0. The third-order valence-corrected chi connectivity index (χ3v) is 1.64. The molecule has 0 saturated heterocycles. The minimum absolute atomic E-state index is 0.0156. The zero-order valence-electron chi connectivity index (χ0n) is 8.60. The summed E-state index contributed by atoms with van der Waals surface area (Å²) in [5.41, 5.74) is 7.88. The fraction of sp³-hybridized carbons (Fsp3) is 0.667. The maximum absolute atomic E-state index is 11.3. The third-order valence-electron chi connectivity index (χ3n) is 1.64. The maximum atomic E-state index is 11.3. The van der Waals surface area contributed by atoms with E-state index in [4.69, 9.17) is 10.6 Å². The lowest BCUT2D eigenvalue weighted by Gasteiger charge is -1.97. The van der Waals surface area contributed by atoms with Gasteiger partial charge in [0.2, 0.25) is 0 Å². The lowest BCUT2D eigenvalue weighted by atomic mass is 10.1. The first-order valence-corrected chi connectivity index (χ1v) is 4.70. The number of hydrogen-bond donors (Lipinski definition) is 1. The van der Waals surface area contributed by atoms with Gasteiger partial charge in [0.1, 0.15) is 0 Å². The summed E-state index contributed by atoms with van der Waals surface area (Å²) in [6.45, 7) is 1.68. The van der Waals surface area contributed by atoms with E-state index in [2.05, 4.69) is 9.53 Å². The van der Waals surface area contributed by atoms with E-state index in [1.165, 1.54) is 0 Å². The second-order valence-corrected chi connectivity index (χ2v) is 2.77. The quantitative estimate of drug-likeness (QED) is 0.160. The Bertz CT molecular complexity index is 282. The molecule has 0 aromatic carbocycles. The first kappa shape index (κ1) is 13.5. The van der Waals surface area contributed by atoms with E-state index >= 15 is 0 Å². The van der Waals surface area contributed by atoms with Crippen LogP contribution in [-0.4, -0.2) is 40.6 Å². The Balaban J connectivity index is 4.24. The van der Waals surface area contributed by atoms with Crippen LogP contribution in [0.15, 0.2) is 0 Å². The standard InChI is InChI=1S/C9H14N2O4/c1-2-15-9(14)8(11-10)7(13)5-3-4-6-12/h12H,2-6H2,1H3. The number of hydrogen-bond acceptors (Lipinski definition) is 4. The molecule has 0 atom stereocenters. The lowest BCUT2D eigenvalue weighted by molar-refractivity contribution is -0.141. The average molecular weight is 214 g/mol. The van der Waals surface area contributed by atoms with E-state index in [0.717, 1.165) is 0 Å². The van der Waals surface area contributed by atoms with Gasteiger partial charge in [-0.15, -0.1) is 0 Å². The van der Waals surface area contributed by atoms with Crippen LogP contribution in [0.25, 0.3) is 5.53 Å². The van der Waals surface area contributed by atoms with Crippen LogP contribution in [0, 0.1) is 0 Å². The Kier molecular flexibility index (Phi) is 7.05. The smallest absolute Gasteiger partial charge is 0.441 e. The third kappa shape index (κ3) is 5.05. The highest BCUT2D eigenvalue weighted by Gasteiger charge is 2.29. The topological polar surface area (TPSA) is 100 Å². The Morgan fingerprint density at radius 1 is 1.40 bits per heavy atom. The highest BCUT2D eigenvalue weighted by atomic mass is 16.5. The fourth-order valence-corrected chi connectivity index (χ4v) is 0.926. The molecule has 84 valence electrons. The summed E-state index contributed by atoms with van der Waals surface area (Å²) in [5, 5.41) is 8.49. The molecule has 1 N–H and O–H groups in total. The van der Waals surface area contributed by atoms with E-state index in [1.807, 2.05) is 0 Å². The zero-order chi connectivity index (χ0) is 11.7. The van der Waals surface area contributed by atoms with Gasteiger partial charge in [0, 0.05) is 13.0 Å². The summed E-state index contributed by atoms with van der Waals surface area (Å²) in [6.07, 6.45) is 0.958. The number of nitrogens with zero attached hydrogens (tertiary/aromatic N) is 2. The van der Waals surface area contributed by atoms with Gasteiger partial charge in [-0.25, -0.2) is 4.79 Å². The normalized spacial score (nSPS) is 9.20. The molecule has 0 unspecified atom stereocenters. The summed E-state index contributed by atoms with van der Waals surface area (Å²) < 4.78 is 4.52. The molecule has 6 nitrogen and oxygen atoms in total. The molecule has 15 heavy (non-hydrogen) atoms. The number of aliphatic hydroxyl groups is 1. The van der Waals surface area contributed by atoms with Gasteiger partial charge < -0.3 is 15.4 Å². The van der Waals surface area contributed by atoms with Crippen molar-refractivity contribution in [2.75, 3.05) is 13.2 Å². The minimum atomic E-state index is -0.922. The summed E-state index contributed by atoms with van der Waals surface area (Å²) in [4.78, 5) is 25.0. The number of ether oxygens (including phenoxy) is 1. The van der Waals surface area contributed by atoms with Crippen molar-refractivity contribution in [2.45, 2.75) is 26.2 Å².